The van der Waals surface area contributed by atoms with Crippen LogP contribution < -0.4 is 19.7 Å². The Kier molecular flexibility index (Phi) is 5.00. The van der Waals surface area contributed by atoms with E-state index >= 15 is 0 Å². The molecule has 12 heteroatoms. The normalized spacial score (nSPS) is 29.5. The number of ether oxygens (including phenoxy) is 1. The summed E-state index contributed by atoms with van der Waals surface area (Å²) in [6.45, 7) is 2.44. The van der Waals surface area contributed by atoms with Crippen LogP contribution in [-0.4, -0.2) is 60.1 Å². The Bertz CT molecular complexity index is 1950. The molecule has 232 valence electrons. The Hall–Kier alpha value is -3.67. The van der Waals surface area contributed by atoms with E-state index in [-0.39, 0.29) is 62.7 Å². The number of amidine groups is 1. The summed E-state index contributed by atoms with van der Waals surface area (Å²) in [6, 6.07) is 4.50. The van der Waals surface area contributed by atoms with Crippen LogP contribution >= 0.6 is 0 Å². The number of hydrogen-bond donors (Lipinski definition) is 2. The lowest BCUT2D eigenvalue weighted by Gasteiger charge is -2.34. The highest BCUT2D eigenvalue weighted by Crippen LogP contribution is 2.93. The van der Waals surface area contributed by atoms with Gasteiger partial charge in [0.1, 0.15) is 11.7 Å². The maximum absolute atomic E-state index is 13.7. The monoisotopic (exact) mass is 622 g/mol. The van der Waals surface area contributed by atoms with E-state index in [1.807, 2.05) is 18.7 Å². The fourth-order valence-corrected chi connectivity index (χ4v) is 8.77. The van der Waals surface area contributed by atoms with Gasteiger partial charge in [-0.2, -0.15) is 8.42 Å². The molecule has 2 N–H and O–H groups in total. The fraction of sp³-hybridized carbons (Fsp3) is 0.562. The molecule has 8 rings (SSSR count). The van der Waals surface area contributed by atoms with Crippen LogP contribution in [0.2, 0.25) is 0 Å². The summed E-state index contributed by atoms with van der Waals surface area (Å²) in [4.78, 5) is 25.0. The molecule has 5 heterocycles. The minimum Gasteiger partial charge on any atom is -0.477 e. The number of carbonyl (C=O) groups is 1. The number of hydrogen-bond acceptors (Lipinski definition) is 9. The Morgan fingerprint density at radius 1 is 1.18 bits per heavy atom. The van der Waals surface area contributed by atoms with Crippen molar-refractivity contribution in [1.29, 1.82) is 0 Å². The second-order valence-corrected chi connectivity index (χ2v) is 15.2. The number of allylic oxidation sites excluding steroid dienone is 2. The number of anilines is 1. The number of nitrogens with one attached hydrogen (secondary N) is 2. The first-order valence-corrected chi connectivity index (χ1v) is 16.8. The molecule has 3 aliphatic heterocycles. The van der Waals surface area contributed by atoms with Gasteiger partial charge in [-0.15, -0.1) is 5.10 Å². The van der Waals surface area contributed by atoms with Crippen molar-refractivity contribution in [2.75, 3.05) is 24.5 Å². The van der Waals surface area contributed by atoms with Crippen molar-refractivity contribution in [3.8, 4) is 11.7 Å². The number of rotatable bonds is 5. The van der Waals surface area contributed by atoms with E-state index in [4.69, 9.17) is 16.6 Å². The van der Waals surface area contributed by atoms with E-state index in [0.29, 0.717) is 13.1 Å². The number of pyridine rings is 1. The Balaban J connectivity index is 1.11. The number of aromatic nitrogens is 3. The lowest BCUT2D eigenvalue weighted by molar-refractivity contribution is 0.0981. The zero-order valence-electron chi connectivity index (χ0n) is 29.8. The predicted octanol–water partition coefficient (Wildman–Crippen LogP) is 4.08. The first kappa shape index (κ1) is 22.8. The summed E-state index contributed by atoms with van der Waals surface area (Å²) in [5, 5.41) is 6.78. The third kappa shape index (κ3) is 4.55. The average Bonchev–Trinajstić information content (AvgIpc) is 3.98. The first-order valence-electron chi connectivity index (χ1n) is 17.8. The highest BCUT2D eigenvalue weighted by atomic mass is 32.2. The number of carbonyl (C=O) groups excluding carboxylic acids is 1. The van der Waals surface area contributed by atoms with Crippen molar-refractivity contribution in [3.05, 3.63) is 53.2 Å². The van der Waals surface area contributed by atoms with E-state index in [9.17, 15) is 13.2 Å². The van der Waals surface area contributed by atoms with Gasteiger partial charge in [0.15, 0.2) is 10.8 Å². The van der Waals surface area contributed by atoms with E-state index in [2.05, 4.69) is 20.1 Å². The molecular weight excluding hydrogens is 578 g/mol. The third-order valence-corrected chi connectivity index (χ3v) is 11.6. The molecule has 3 saturated carbocycles. The van der Waals surface area contributed by atoms with E-state index in [1.165, 1.54) is 41.2 Å². The lowest BCUT2D eigenvalue weighted by atomic mass is 9.93. The summed E-state index contributed by atoms with van der Waals surface area (Å²) in [6.07, 6.45) is 7.99. The number of nitrogens with zero attached hydrogens (tertiary/aromatic N) is 5. The zero-order chi connectivity index (χ0) is 34.8. The van der Waals surface area contributed by atoms with Gasteiger partial charge in [0.2, 0.25) is 5.88 Å². The molecule has 1 atom stereocenters. The molecule has 4 fully saturated rings. The van der Waals surface area contributed by atoms with Crippen LogP contribution in [0.1, 0.15) is 82.4 Å². The van der Waals surface area contributed by atoms with Crippen LogP contribution in [0.15, 0.2) is 52.6 Å². The number of amides is 1. The van der Waals surface area contributed by atoms with Crippen LogP contribution in [0.4, 0.5) is 5.82 Å². The molecular formula is C32H39N7O4S. The quantitative estimate of drug-likeness (QED) is 0.510. The summed E-state index contributed by atoms with van der Waals surface area (Å²) in [5.74, 6) is -0.435. The van der Waals surface area contributed by atoms with Gasteiger partial charge >= 0.3 is 0 Å². The first-order chi connectivity index (χ1) is 23.0. The van der Waals surface area contributed by atoms with Gasteiger partial charge in [-0.3, -0.25) is 9.79 Å². The van der Waals surface area contributed by atoms with Crippen LogP contribution in [-0.2, 0) is 10.0 Å². The van der Waals surface area contributed by atoms with Gasteiger partial charge < -0.3 is 15.0 Å². The van der Waals surface area contributed by atoms with Crippen molar-refractivity contribution in [2.45, 2.75) is 70.7 Å². The third-order valence-electron chi connectivity index (χ3n) is 10.3. The highest BCUT2D eigenvalue weighted by Gasteiger charge is 2.85. The minimum absolute atomic E-state index is 0.0403. The Morgan fingerprint density at radius 3 is 2.75 bits per heavy atom. The highest BCUT2D eigenvalue weighted by molar-refractivity contribution is 7.93. The van der Waals surface area contributed by atoms with Crippen LogP contribution in [0.25, 0.3) is 5.82 Å². The maximum atomic E-state index is 13.7. The summed E-state index contributed by atoms with van der Waals surface area (Å²) in [7, 11) is -4.37. The Labute approximate surface area is 264 Å². The molecule has 2 aromatic heterocycles. The largest absolute Gasteiger partial charge is 0.477 e. The van der Waals surface area contributed by atoms with Gasteiger partial charge in [-0.1, -0.05) is 6.08 Å². The van der Waals surface area contributed by atoms with Gasteiger partial charge in [0.25, 0.3) is 15.9 Å². The molecule has 0 radical (unpaired) electrons. The van der Waals surface area contributed by atoms with E-state index in [0.717, 1.165) is 44.9 Å². The average molecular weight is 623 g/mol. The van der Waals surface area contributed by atoms with Crippen molar-refractivity contribution in [1.82, 2.24) is 24.8 Å². The molecule has 2 aromatic rings. The van der Waals surface area contributed by atoms with Crippen LogP contribution in [0.3, 0.4) is 0 Å². The summed E-state index contributed by atoms with van der Waals surface area (Å²) in [5.41, 5.74) is -0.534. The summed E-state index contributed by atoms with van der Waals surface area (Å²) < 4.78 is 78.8. The molecule has 44 heavy (non-hydrogen) atoms. The molecule has 0 unspecified atom stereocenters. The molecule has 3 aliphatic carbocycles. The molecule has 11 nitrogen and oxygen atoms in total. The number of fused-ring (bicyclic) bond motifs is 7. The Morgan fingerprint density at radius 2 is 1.98 bits per heavy atom. The number of sulfonamides is 1. The van der Waals surface area contributed by atoms with Crippen molar-refractivity contribution in [3.63, 3.8) is 0 Å². The predicted molar refractivity (Wildman–Crippen MR) is 166 cm³/mol. The van der Waals surface area contributed by atoms with Gasteiger partial charge in [-0.05, 0) is 112 Å². The minimum atomic E-state index is -4.37. The van der Waals surface area contributed by atoms with Gasteiger partial charge in [0, 0.05) is 33.6 Å². The van der Waals surface area contributed by atoms with E-state index in [1.54, 1.807) is 0 Å². The van der Waals surface area contributed by atoms with Crippen molar-refractivity contribution >= 4 is 27.6 Å². The van der Waals surface area contributed by atoms with Gasteiger partial charge in [-0.25, -0.2) is 14.4 Å². The van der Waals surface area contributed by atoms with Gasteiger partial charge in [0.05, 0.1) is 16.2 Å². The molecule has 6 aliphatic rings. The molecule has 1 amide bonds. The van der Waals surface area contributed by atoms with Crippen molar-refractivity contribution in [2.24, 2.45) is 27.7 Å². The fourth-order valence-electron chi connectivity index (χ4n) is 7.82. The summed E-state index contributed by atoms with van der Waals surface area (Å²) >= 11 is 0. The molecule has 4 bridgehead atoms. The van der Waals surface area contributed by atoms with Crippen LogP contribution in [0, 0.1) is 22.7 Å². The topological polar surface area (TPSA) is 131 Å². The second-order valence-electron chi connectivity index (χ2n) is 13.5. The van der Waals surface area contributed by atoms with Crippen LogP contribution in [0.5, 0.6) is 5.88 Å². The smallest absolute Gasteiger partial charge is 0.279 e. The zero-order valence-corrected chi connectivity index (χ0v) is 25.6. The van der Waals surface area contributed by atoms with E-state index < -0.39 is 34.4 Å². The SMILES string of the molecule is [2H]C1=CC=C2NC1=NCCC[C@@H]1CN(c3nc(-n4ccc(OC([2H])([2H])C([2H])([2H])C5C6(CC6)C56CC6)n4)ccc3C(=O)NS2(=O)=O)C(C)(C)C1. The standard InChI is InChI=1S/C32H39N7O4S/c1-30(2)19-21-5-4-16-33-24-6-3-7-27(34-24)44(41,42)37-29(40)22-8-9-25(35-28(22)38(30)20-21)39-17-10-26(36-39)43-18-11-23-31(12-13-31)32(23)14-15-32/h3,6-10,17,21,23H,4-5,11-16,18-20H2,1-2H3,(H,33,34)(H,37,40)/t21-/m0/s1/i6D,11D2,18D2. The van der Waals surface area contributed by atoms with Crippen molar-refractivity contribution < 1.29 is 24.8 Å². The number of dihydropyridines is 1. The molecule has 2 spiro atoms. The molecule has 1 saturated heterocycles. The lowest BCUT2D eigenvalue weighted by Crippen LogP contribution is -2.42. The number of aliphatic imine (C=N–C) groups is 1. The molecule has 0 aromatic carbocycles. The maximum Gasteiger partial charge on any atom is 0.279 e. The second kappa shape index (κ2) is 9.66.